The Morgan fingerprint density at radius 1 is 0.333 bits per heavy atom. The standard InChI is InChI=1S/C52H35NO/c1-4-14-36(15-5-1)37-24-29-42(30-25-37)53(50-23-13-12-20-44(50)39-16-6-2-7-17-39)43-31-26-38(27-32-43)41-28-33-51-48(34-41)49-35-47(40-18-8-3-9-19-40)45-21-10-11-22-46(45)52(49)54-51/h1-35H/i1D,2D,3D,4D,5D,6D,7D,8D,9D,10D,11D,12D,13D,14D,15D,16D,17D,18D,19D,20D,21D,22D,23D,24D,25D,26D,27D,28D,29D,30D,31D,32D,33D,34D,35D. The molecule has 1 aromatic heterocycles. The van der Waals surface area contributed by atoms with Crippen molar-refractivity contribution in [3.05, 3.63) is 211 Å². The number of rotatable bonds is 7. The van der Waals surface area contributed by atoms with Gasteiger partial charge in [-0.2, -0.15) is 0 Å². The van der Waals surface area contributed by atoms with Gasteiger partial charge in [-0.25, -0.2) is 0 Å². The lowest BCUT2D eigenvalue weighted by Crippen LogP contribution is -2.11. The van der Waals surface area contributed by atoms with Gasteiger partial charge in [0.05, 0.1) is 53.7 Å². The molecule has 0 unspecified atom stereocenters. The summed E-state index contributed by atoms with van der Waals surface area (Å²) in [6.45, 7) is 0. The van der Waals surface area contributed by atoms with Gasteiger partial charge in [0, 0.05) is 33.1 Å². The second-order valence-corrected chi connectivity index (χ2v) is 11.0. The van der Waals surface area contributed by atoms with E-state index < -0.39 is 306 Å². The topological polar surface area (TPSA) is 16.4 Å². The first-order valence-corrected chi connectivity index (χ1v) is 15.6. The number of hydrogen-bond donors (Lipinski definition) is 0. The molecule has 54 heavy (non-hydrogen) atoms. The lowest BCUT2D eigenvalue weighted by atomic mass is 9.95. The third-order valence-corrected chi connectivity index (χ3v) is 7.94. The molecule has 0 radical (unpaired) electrons. The van der Waals surface area contributed by atoms with Gasteiger partial charge in [0.2, 0.25) is 0 Å². The second kappa shape index (κ2) is 13.4. The summed E-state index contributed by atoms with van der Waals surface area (Å²) in [6.07, 6.45) is 0. The zero-order valence-corrected chi connectivity index (χ0v) is 26.9. The zero-order chi connectivity index (χ0) is 66.3. The van der Waals surface area contributed by atoms with Crippen LogP contribution in [0.1, 0.15) is 48.0 Å². The van der Waals surface area contributed by atoms with Crippen LogP contribution in [0.5, 0.6) is 0 Å². The minimum Gasteiger partial charge on any atom is -0.455 e. The summed E-state index contributed by atoms with van der Waals surface area (Å²) in [6, 6.07) is -38.4. The molecular weight excluding hydrogens is 655 g/mol. The first kappa shape index (κ1) is 11.9. The fourth-order valence-electron chi connectivity index (χ4n) is 5.58. The third-order valence-electron chi connectivity index (χ3n) is 7.94. The lowest BCUT2D eigenvalue weighted by molar-refractivity contribution is 0.673. The molecule has 10 rings (SSSR count). The Bertz CT molecular complexity index is 4830. The fourth-order valence-corrected chi connectivity index (χ4v) is 5.58. The molecule has 2 heteroatoms. The molecule has 0 saturated heterocycles. The minimum atomic E-state index is -1.40. The Balaban J connectivity index is 1.39. The summed E-state index contributed by atoms with van der Waals surface area (Å²) < 4.78 is 320. The van der Waals surface area contributed by atoms with Gasteiger partial charge in [-0.1, -0.05) is 163 Å². The summed E-state index contributed by atoms with van der Waals surface area (Å²) in [5, 5.41) is -2.56. The number of para-hydroxylation sites is 1. The van der Waals surface area contributed by atoms with E-state index in [2.05, 4.69) is 0 Å². The van der Waals surface area contributed by atoms with Crippen LogP contribution in [0, 0.1) is 0 Å². The Hall–Kier alpha value is -7.16. The van der Waals surface area contributed by atoms with Crippen molar-refractivity contribution >= 4 is 49.8 Å². The maximum atomic E-state index is 9.79. The van der Waals surface area contributed by atoms with Crippen molar-refractivity contribution in [2.24, 2.45) is 0 Å². The summed E-state index contributed by atoms with van der Waals surface area (Å²) >= 11 is 0. The van der Waals surface area contributed by atoms with E-state index in [0.29, 0.717) is 0 Å². The van der Waals surface area contributed by atoms with Gasteiger partial charge < -0.3 is 9.32 Å². The van der Waals surface area contributed by atoms with Gasteiger partial charge in [-0.3, -0.25) is 0 Å². The van der Waals surface area contributed by atoms with E-state index >= 15 is 0 Å². The molecule has 0 fully saturated rings. The Kier molecular flexibility index (Phi) is 2.97. The Morgan fingerprint density at radius 2 is 0.815 bits per heavy atom. The van der Waals surface area contributed by atoms with Gasteiger partial charge in [-0.05, 0) is 92.7 Å². The average Bonchev–Trinajstić information content (AvgIpc) is 1.66. The highest BCUT2D eigenvalue weighted by Crippen LogP contribution is 2.43. The first-order chi connectivity index (χ1) is 41.4. The molecule has 1 heterocycles. The van der Waals surface area contributed by atoms with Gasteiger partial charge >= 0.3 is 0 Å². The number of benzene rings is 9. The van der Waals surface area contributed by atoms with E-state index in [9.17, 15) is 19.2 Å². The first-order valence-electron chi connectivity index (χ1n) is 33.1. The maximum Gasteiger partial charge on any atom is 0.143 e. The minimum absolute atomic E-state index is 0.247. The number of nitrogens with zero attached hydrogens (tertiary/aromatic N) is 1. The van der Waals surface area contributed by atoms with Gasteiger partial charge in [-0.15, -0.1) is 0 Å². The fraction of sp³-hybridized carbons (Fsp3) is 0. The van der Waals surface area contributed by atoms with Crippen LogP contribution < -0.4 is 4.90 Å². The quantitative estimate of drug-likeness (QED) is 0.163. The Morgan fingerprint density at radius 3 is 1.46 bits per heavy atom. The normalized spacial score (nSPS) is 20.4. The van der Waals surface area contributed by atoms with E-state index in [1.807, 2.05) is 0 Å². The summed E-state index contributed by atoms with van der Waals surface area (Å²) in [7, 11) is 0. The molecule has 0 bridgehead atoms. The summed E-state index contributed by atoms with van der Waals surface area (Å²) in [5.41, 5.74) is -12.6. The molecule has 254 valence electrons. The summed E-state index contributed by atoms with van der Waals surface area (Å²) in [5.74, 6) is 0. The van der Waals surface area contributed by atoms with Crippen molar-refractivity contribution in [1.29, 1.82) is 0 Å². The largest absolute Gasteiger partial charge is 0.455 e. The number of anilines is 3. The molecule has 0 aliphatic rings. The number of hydrogen-bond acceptors (Lipinski definition) is 2. The van der Waals surface area contributed by atoms with Crippen molar-refractivity contribution in [3.8, 4) is 44.5 Å². The third kappa shape index (κ3) is 5.62. The molecule has 0 atom stereocenters. The van der Waals surface area contributed by atoms with Gasteiger partial charge in [0.15, 0.2) is 0 Å². The van der Waals surface area contributed by atoms with E-state index in [-0.39, 0.29) is 4.90 Å². The lowest BCUT2D eigenvalue weighted by Gasteiger charge is -2.28. The average molecular weight is 725 g/mol. The van der Waals surface area contributed by atoms with Gasteiger partial charge in [0.1, 0.15) is 11.2 Å². The van der Waals surface area contributed by atoms with Crippen molar-refractivity contribution in [3.63, 3.8) is 0 Å². The van der Waals surface area contributed by atoms with Crippen molar-refractivity contribution in [2.45, 2.75) is 0 Å². The van der Waals surface area contributed by atoms with Gasteiger partial charge in [0.25, 0.3) is 0 Å². The monoisotopic (exact) mass is 724 g/mol. The number of furan rings is 1. The van der Waals surface area contributed by atoms with Crippen LogP contribution in [0.2, 0.25) is 0 Å². The molecule has 0 aliphatic heterocycles. The molecule has 10 aromatic rings. The highest BCUT2D eigenvalue weighted by Gasteiger charge is 2.19. The van der Waals surface area contributed by atoms with Crippen molar-refractivity contribution in [2.75, 3.05) is 4.90 Å². The Labute approximate surface area is 364 Å². The molecular formula is C52H35NO. The van der Waals surface area contributed by atoms with E-state index in [1.54, 1.807) is 0 Å². The smallest absolute Gasteiger partial charge is 0.143 e. The van der Waals surface area contributed by atoms with Crippen LogP contribution in [-0.4, -0.2) is 0 Å². The van der Waals surface area contributed by atoms with Crippen LogP contribution in [0.15, 0.2) is 216 Å². The molecule has 0 amide bonds. The highest BCUT2D eigenvalue weighted by molar-refractivity contribution is 6.19. The van der Waals surface area contributed by atoms with Crippen LogP contribution in [0.3, 0.4) is 0 Å². The zero-order valence-electron chi connectivity index (χ0n) is 61.9. The molecule has 2 nitrogen and oxygen atoms in total. The van der Waals surface area contributed by atoms with E-state index in [4.69, 9.17) is 33.2 Å². The second-order valence-electron chi connectivity index (χ2n) is 11.0. The van der Waals surface area contributed by atoms with Crippen LogP contribution in [-0.2, 0) is 0 Å². The predicted octanol–water partition coefficient (Wildman–Crippen LogP) is 14.9. The molecule has 9 aromatic carbocycles. The SMILES string of the molecule is [2H]c1c([2H])c([2H])c(-c2c([2H])c([2H])c(N(c3c([2H])c([2H])c(-c4c([2H])c([2H])c5oc6c7c([2H])c([2H])c([2H])c([2H])c7c(-c7c([2H])c([2H])c([2H])c([2H])c7[2H])c([2H])c6c5c4[2H])c([2H])c3[2H])c3c([2H])c([2H])c([2H])c([2H])c3-c3c([2H])c([2H])c([2H])c([2H])c3[2H])c([2H])c2[2H])c([2H])c1[2H]. The highest BCUT2D eigenvalue weighted by atomic mass is 16.3. The maximum absolute atomic E-state index is 9.79. The van der Waals surface area contributed by atoms with Crippen LogP contribution >= 0.6 is 0 Å². The number of fused-ring (bicyclic) bond motifs is 5. The summed E-state index contributed by atoms with van der Waals surface area (Å²) in [4.78, 5) is 0.247. The molecule has 0 aliphatic carbocycles. The molecule has 0 saturated carbocycles. The molecule has 0 N–H and O–H groups in total. The van der Waals surface area contributed by atoms with Crippen LogP contribution in [0.4, 0.5) is 17.1 Å². The predicted molar refractivity (Wildman–Crippen MR) is 228 cm³/mol. The van der Waals surface area contributed by atoms with Crippen molar-refractivity contribution < 1.29 is 52.4 Å². The molecule has 0 spiro atoms. The van der Waals surface area contributed by atoms with Crippen LogP contribution in [0.25, 0.3) is 77.2 Å². The van der Waals surface area contributed by atoms with Crippen molar-refractivity contribution in [1.82, 2.24) is 0 Å². The van der Waals surface area contributed by atoms with E-state index in [1.165, 1.54) is 0 Å². The van der Waals surface area contributed by atoms with E-state index in [0.717, 1.165) is 0 Å².